The second-order valence-electron chi connectivity index (χ2n) is 5.01. The monoisotopic (exact) mass is 293 g/mol. The van der Waals surface area contributed by atoms with Gasteiger partial charge in [0, 0.05) is 31.9 Å². The maximum Gasteiger partial charge on any atom is 0.411 e. The number of nitrogens with zero attached hydrogens (tertiary/aromatic N) is 2. The van der Waals surface area contributed by atoms with Crippen LogP contribution in [0, 0.1) is 6.92 Å². The molecule has 0 saturated carbocycles. The zero-order valence-electron chi connectivity index (χ0n) is 12.1. The number of aromatic nitrogens is 2. The third-order valence-electron chi connectivity index (χ3n) is 2.77. The minimum atomic E-state index is -4.25. The zero-order valence-corrected chi connectivity index (χ0v) is 12.1. The summed E-state index contributed by atoms with van der Waals surface area (Å²) in [6, 6.07) is 0.369. The summed E-state index contributed by atoms with van der Waals surface area (Å²) in [5, 5.41) is 3.30. The standard InChI is InChI=1S/C13H22F3N3O/c1-10(2)17-7-12-8-18-11(3)19(12)5-4-6-20-9-13(14,15)16/h8,10,17H,4-7,9H2,1-3H3. The number of hydrogen-bond acceptors (Lipinski definition) is 3. The van der Waals surface area contributed by atoms with Crippen molar-refractivity contribution in [1.29, 1.82) is 0 Å². The van der Waals surface area contributed by atoms with E-state index in [0.29, 0.717) is 25.6 Å². The Hall–Kier alpha value is -1.08. The number of ether oxygens (including phenoxy) is 1. The van der Waals surface area contributed by atoms with Crippen LogP contribution in [0.25, 0.3) is 0 Å². The van der Waals surface area contributed by atoms with Gasteiger partial charge in [-0.05, 0) is 13.3 Å². The van der Waals surface area contributed by atoms with Crippen molar-refractivity contribution >= 4 is 0 Å². The average Bonchev–Trinajstić information content (AvgIpc) is 2.66. The van der Waals surface area contributed by atoms with E-state index in [1.807, 2.05) is 11.5 Å². The molecule has 7 heteroatoms. The number of imidazole rings is 1. The number of nitrogens with one attached hydrogen (secondary N) is 1. The van der Waals surface area contributed by atoms with Crippen molar-refractivity contribution in [2.24, 2.45) is 0 Å². The Labute approximate surface area is 117 Å². The molecule has 0 fully saturated rings. The van der Waals surface area contributed by atoms with Gasteiger partial charge in [-0.2, -0.15) is 13.2 Å². The highest BCUT2D eigenvalue weighted by atomic mass is 19.4. The van der Waals surface area contributed by atoms with Crippen LogP contribution in [-0.2, 0) is 17.8 Å². The van der Waals surface area contributed by atoms with Gasteiger partial charge in [-0.3, -0.25) is 0 Å². The minimum Gasteiger partial charge on any atom is -0.372 e. The summed E-state index contributed by atoms with van der Waals surface area (Å²) in [5.41, 5.74) is 1.03. The fourth-order valence-corrected chi connectivity index (χ4v) is 1.78. The quantitative estimate of drug-likeness (QED) is 0.749. The number of alkyl halides is 3. The molecule has 0 aliphatic rings. The molecule has 0 unspecified atom stereocenters. The Morgan fingerprint density at radius 1 is 1.40 bits per heavy atom. The van der Waals surface area contributed by atoms with Crippen LogP contribution in [0.4, 0.5) is 13.2 Å². The lowest BCUT2D eigenvalue weighted by molar-refractivity contribution is -0.174. The molecular weight excluding hydrogens is 271 g/mol. The van der Waals surface area contributed by atoms with Crippen molar-refractivity contribution in [2.45, 2.75) is 52.5 Å². The van der Waals surface area contributed by atoms with Crippen molar-refractivity contribution in [3.8, 4) is 0 Å². The highest BCUT2D eigenvalue weighted by molar-refractivity contribution is 5.04. The number of aryl methyl sites for hydroxylation is 1. The van der Waals surface area contributed by atoms with E-state index in [1.165, 1.54) is 0 Å². The summed E-state index contributed by atoms with van der Waals surface area (Å²) in [6.07, 6.45) is -1.93. The topological polar surface area (TPSA) is 39.1 Å². The van der Waals surface area contributed by atoms with Gasteiger partial charge >= 0.3 is 6.18 Å². The molecule has 0 bridgehead atoms. The average molecular weight is 293 g/mol. The van der Waals surface area contributed by atoms with Gasteiger partial charge in [0.25, 0.3) is 0 Å². The van der Waals surface area contributed by atoms with Crippen LogP contribution in [0.5, 0.6) is 0 Å². The predicted molar refractivity (Wildman–Crippen MR) is 70.4 cm³/mol. The maximum absolute atomic E-state index is 11.9. The number of rotatable bonds is 8. The highest BCUT2D eigenvalue weighted by Gasteiger charge is 2.27. The Balaban J connectivity index is 2.37. The molecule has 0 aliphatic carbocycles. The van der Waals surface area contributed by atoms with Gasteiger partial charge in [-0.25, -0.2) is 4.98 Å². The normalized spacial score (nSPS) is 12.3. The third kappa shape index (κ3) is 6.38. The maximum atomic E-state index is 11.9. The van der Waals surface area contributed by atoms with Crippen LogP contribution in [0.3, 0.4) is 0 Å². The van der Waals surface area contributed by atoms with Gasteiger partial charge in [-0.1, -0.05) is 13.8 Å². The molecule has 1 aromatic rings. The first-order chi connectivity index (χ1) is 9.29. The van der Waals surface area contributed by atoms with Gasteiger partial charge in [0.15, 0.2) is 0 Å². The molecular formula is C13H22F3N3O. The van der Waals surface area contributed by atoms with Crippen molar-refractivity contribution < 1.29 is 17.9 Å². The van der Waals surface area contributed by atoms with Crippen LogP contribution < -0.4 is 5.32 Å². The predicted octanol–water partition coefficient (Wildman–Crippen LogP) is 2.66. The van der Waals surface area contributed by atoms with Crippen molar-refractivity contribution in [3.05, 3.63) is 17.7 Å². The van der Waals surface area contributed by atoms with E-state index in [-0.39, 0.29) is 6.61 Å². The smallest absolute Gasteiger partial charge is 0.372 e. The van der Waals surface area contributed by atoms with Gasteiger partial charge in [0.2, 0.25) is 0 Å². The second kappa shape index (κ2) is 7.64. The van der Waals surface area contributed by atoms with E-state index in [4.69, 9.17) is 0 Å². The molecule has 0 aromatic carbocycles. The molecule has 1 aromatic heterocycles. The fourth-order valence-electron chi connectivity index (χ4n) is 1.78. The van der Waals surface area contributed by atoms with Gasteiger partial charge < -0.3 is 14.6 Å². The molecule has 0 aliphatic heterocycles. The lowest BCUT2D eigenvalue weighted by Gasteiger charge is -2.13. The van der Waals surface area contributed by atoms with E-state index in [0.717, 1.165) is 11.5 Å². The summed E-state index contributed by atoms with van der Waals surface area (Å²) in [4.78, 5) is 4.23. The first-order valence-corrected chi connectivity index (χ1v) is 6.68. The fraction of sp³-hybridized carbons (Fsp3) is 0.769. The van der Waals surface area contributed by atoms with Crippen molar-refractivity contribution in [2.75, 3.05) is 13.2 Å². The van der Waals surface area contributed by atoms with E-state index in [9.17, 15) is 13.2 Å². The first kappa shape index (κ1) is 17.0. The van der Waals surface area contributed by atoms with Gasteiger partial charge in [0.1, 0.15) is 12.4 Å². The van der Waals surface area contributed by atoms with Crippen LogP contribution in [0.1, 0.15) is 31.8 Å². The van der Waals surface area contributed by atoms with Crippen molar-refractivity contribution in [3.63, 3.8) is 0 Å². The summed E-state index contributed by atoms with van der Waals surface area (Å²) in [7, 11) is 0. The van der Waals surface area contributed by atoms with E-state index in [1.54, 1.807) is 6.20 Å². The molecule has 4 nitrogen and oxygen atoms in total. The lowest BCUT2D eigenvalue weighted by Crippen LogP contribution is -2.24. The highest BCUT2D eigenvalue weighted by Crippen LogP contribution is 2.14. The summed E-state index contributed by atoms with van der Waals surface area (Å²) in [6.45, 7) is 6.21. The van der Waals surface area contributed by atoms with E-state index in [2.05, 4.69) is 28.9 Å². The summed E-state index contributed by atoms with van der Waals surface area (Å²) < 4.78 is 42.3. The van der Waals surface area contributed by atoms with Crippen LogP contribution in [0.15, 0.2) is 6.20 Å². The molecule has 0 spiro atoms. The molecule has 1 N–H and O–H groups in total. The second-order valence-corrected chi connectivity index (χ2v) is 5.01. The molecule has 0 amide bonds. The van der Waals surface area contributed by atoms with E-state index < -0.39 is 12.8 Å². The van der Waals surface area contributed by atoms with Crippen molar-refractivity contribution in [1.82, 2.24) is 14.9 Å². The minimum absolute atomic E-state index is 0.0914. The molecule has 20 heavy (non-hydrogen) atoms. The number of hydrogen-bond donors (Lipinski definition) is 1. The van der Waals surface area contributed by atoms with Crippen LogP contribution in [-0.4, -0.2) is 35.0 Å². The van der Waals surface area contributed by atoms with Crippen LogP contribution in [0.2, 0.25) is 0 Å². The SMILES string of the molecule is Cc1ncc(CNC(C)C)n1CCCOCC(F)(F)F. The Kier molecular flexibility index (Phi) is 6.48. The molecule has 0 atom stereocenters. The Morgan fingerprint density at radius 2 is 2.10 bits per heavy atom. The van der Waals surface area contributed by atoms with Gasteiger partial charge in [-0.15, -0.1) is 0 Å². The largest absolute Gasteiger partial charge is 0.411 e. The third-order valence-corrected chi connectivity index (χ3v) is 2.77. The molecule has 1 heterocycles. The molecule has 1 rings (SSSR count). The molecule has 116 valence electrons. The Morgan fingerprint density at radius 3 is 2.70 bits per heavy atom. The first-order valence-electron chi connectivity index (χ1n) is 6.68. The molecule has 0 saturated heterocycles. The summed E-state index contributed by atoms with van der Waals surface area (Å²) >= 11 is 0. The molecule has 0 radical (unpaired) electrons. The van der Waals surface area contributed by atoms with Crippen LogP contribution >= 0.6 is 0 Å². The number of halogens is 3. The van der Waals surface area contributed by atoms with Gasteiger partial charge in [0.05, 0.1) is 5.69 Å². The lowest BCUT2D eigenvalue weighted by atomic mass is 10.3. The Bertz CT molecular complexity index is 402. The summed E-state index contributed by atoms with van der Waals surface area (Å²) in [5.74, 6) is 0.862. The van der Waals surface area contributed by atoms with E-state index >= 15 is 0 Å². The zero-order chi connectivity index (χ0) is 15.2.